The van der Waals surface area contributed by atoms with Gasteiger partial charge in [0.2, 0.25) is 5.91 Å². The lowest BCUT2D eigenvalue weighted by molar-refractivity contribution is -0.275. The van der Waals surface area contributed by atoms with E-state index in [1.165, 1.54) is 61.3 Å². The summed E-state index contributed by atoms with van der Waals surface area (Å²) in [6.45, 7) is -0.487. The van der Waals surface area contributed by atoms with Crippen LogP contribution < -0.4 is 18.5 Å². The van der Waals surface area contributed by atoms with E-state index in [2.05, 4.69) is 4.74 Å². The third-order valence-corrected chi connectivity index (χ3v) is 9.83. The molecule has 0 aromatic heterocycles. The topological polar surface area (TPSA) is 106 Å². The summed E-state index contributed by atoms with van der Waals surface area (Å²) in [5, 5.41) is 0.0575. The molecule has 0 saturated carbocycles. The minimum Gasteiger partial charge on any atom is -0.497 e. The van der Waals surface area contributed by atoms with Gasteiger partial charge >= 0.3 is 6.36 Å². The van der Waals surface area contributed by atoms with Gasteiger partial charge in [-0.1, -0.05) is 29.8 Å². The number of amides is 2. The number of benzene rings is 3. The van der Waals surface area contributed by atoms with Crippen molar-refractivity contribution < 1.29 is 49.8 Å². The number of carbonyl (C=O) groups excluding carboxylic acids is 2. The number of carbonyl (C=O) groups is 2. The van der Waals surface area contributed by atoms with Crippen LogP contribution in [0.25, 0.3) is 0 Å². The second-order valence-electron chi connectivity index (χ2n) is 10.7. The van der Waals surface area contributed by atoms with E-state index in [0.717, 1.165) is 25.3 Å². The van der Waals surface area contributed by atoms with Gasteiger partial charge in [-0.25, -0.2) is 17.1 Å². The molecule has 1 fully saturated rings. The lowest BCUT2D eigenvalue weighted by atomic mass is 9.80. The summed E-state index contributed by atoms with van der Waals surface area (Å²) >= 11 is 6.42. The van der Waals surface area contributed by atoms with Crippen LogP contribution in [0, 0.1) is 0 Å². The molecule has 3 aromatic carbocycles. The van der Waals surface area contributed by atoms with Gasteiger partial charge in [-0.3, -0.25) is 14.5 Å². The lowest BCUT2D eigenvalue weighted by Gasteiger charge is -2.42. The van der Waals surface area contributed by atoms with Crippen molar-refractivity contribution in [2.45, 2.75) is 35.4 Å². The molecule has 2 aliphatic heterocycles. The van der Waals surface area contributed by atoms with Crippen molar-refractivity contribution in [1.29, 1.82) is 0 Å². The summed E-state index contributed by atoms with van der Waals surface area (Å²) in [5.41, 5.74) is -2.55. The maximum absolute atomic E-state index is 15.4. The van der Waals surface area contributed by atoms with Crippen LogP contribution in [0.15, 0.2) is 65.6 Å². The first-order valence-corrected chi connectivity index (χ1v) is 15.5. The Bertz CT molecular complexity index is 1810. The molecule has 46 heavy (non-hydrogen) atoms. The smallest absolute Gasteiger partial charge is 0.497 e. The number of nitrogens with zero attached hydrogens (tertiary/aromatic N) is 3. The highest BCUT2D eigenvalue weighted by molar-refractivity contribution is 7.93. The second kappa shape index (κ2) is 11.9. The second-order valence-corrected chi connectivity index (χ2v) is 12.9. The summed E-state index contributed by atoms with van der Waals surface area (Å²) in [7, 11) is 0.132. The summed E-state index contributed by atoms with van der Waals surface area (Å²) in [6.07, 6.45) is -7.26. The fourth-order valence-electron chi connectivity index (χ4n) is 6.04. The average molecular weight is 686 g/mol. The highest BCUT2D eigenvalue weighted by atomic mass is 35.5. The van der Waals surface area contributed by atoms with Crippen LogP contribution in [-0.2, 0) is 25.2 Å². The molecule has 246 valence electrons. The molecule has 1 saturated heterocycles. The number of fused-ring (bicyclic) bond motifs is 1. The minimum atomic E-state index is -5.32. The molecule has 5 rings (SSSR count). The normalized spacial score (nSPS) is 21.7. The van der Waals surface area contributed by atoms with Crippen molar-refractivity contribution in [3.8, 4) is 17.2 Å². The molecule has 0 N–H and O–H groups in total. The van der Waals surface area contributed by atoms with Crippen LogP contribution >= 0.6 is 11.6 Å². The molecule has 2 amide bonds. The number of anilines is 1. The molecule has 0 aliphatic carbocycles. The van der Waals surface area contributed by atoms with Crippen molar-refractivity contribution in [1.82, 2.24) is 9.80 Å². The lowest BCUT2D eigenvalue weighted by Crippen LogP contribution is -2.59. The molecule has 0 radical (unpaired) electrons. The van der Waals surface area contributed by atoms with Crippen LogP contribution in [0.4, 0.5) is 23.2 Å². The van der Waals surface area contributed by atoms with E-state index in [1.807, 2.05) is 0 Å². The summed E-state index contributed by atoms with van der Waals surface area (Å²) in [5.74, 6) is -3.02. The predicted octanol–water partition coefficient (Wildman–Crippen LogP) is 4.74. The summed E-state index contributed by atoms with van der Waals surface area (Å²) in [4.78, 5) is 30.1. The Kier molecular flexibility index (Phi) is 8.64. The van der Waals surface area contributed by atoms with Gasteiger partial charge < -0.3 is 19.1 Å². The standard InChI is InChI=1S/C30H28ClF4N3O7S/c1-36(2)27(39)23-14-18(32)16-37(23)29(20-7-5-6-8-24(20)44-4)21-13-17(31)9-11-22(21)38(28(29)40)46(41,42)26-12-10-19(43-3)15-25(26)45-30(33,34)35/h5-13,15,18,23H,14,16H2,1-4H3/t18-,23+,29?/m1/s1. The van der Waals surface area contributed by atoms with E-state index in [1.54, 1.807) is 12.1 Å². The molecule has 16 heteroatoms. The van der Waals surface area contributed by atoms with Crippen molar-refractivity contribution in [2.75, 3.05) is 39.2 Å². The Morgan fingerprint density at radius 2 is 1.70 bits per heavy atom. The Hall–Kier alpha value is -4.08. The largest absolute Gasteiger partial charge is 0.573 e. The zero-order chi connectivity index (χ0) is 33.8. The highest BCUT2D eigenvalue weighted by Crippen LogP contribution is 2.55. The number of hydrogen-bond acceptors (Lipinski definition) is 8. The van der Waals surface area contributed by atoms with Gasteiger partial charge in [-0.05, 0) is 36.4 Å². The number of likely N-dealkylation sites (N-methyl/N-ethyl adjacent to an activating group) is 1. The van der Waals surface area contributed by atoms with E-state index in [-0.39, 0.29) is 39.8 Å². The number of rotatable bonds is 8. The van der Waals surface area contributed by atoms with E-state index in [9.17, 15) is 26.4 Å². The van der Waals surface area contributed by atoms with Gasteiger partial charge in [0.05, 0.1) is 25.9 Å². The van der Waals surface area contributed by atoms with Gasteiger partial charge in [0, 0.05) is 49.3 Å². The zero-order valence-electron chi connectivity index (χ0n) is 24.8. The summed E-state index contributed by atoms with van der Waals surface area (Å²) in [6, 6.07) is 11.3. The number of likely N-dealkylation sites (tertiary alicyclic amines) is 1. The van der Waals surface area contributed by atoms with Crippen molar-refractivity contribution in [2.24, 2.45) is 0 Å². The van der Waals surface area contributed by atoms with Gasteiger partial charge in [-0.2, -0.15) is 0 Å². The van der Waals surface area contributed by atoms with Crippen molar-refractivity contribution in [3.63, 3.8) is 0 Å². The van der Waals surface area contributed by atoms with E-state index >= 15 is 9.18 Å². The van der Waals surface area contributed by atoms with Gasteiger partial charge in [-0.15, -0.1) is 13.2 Å². The number of halogens is 5. The third-order valence-electron chi connectivity index (χ3n) is 7.86. The van der Waals surface area contributed by atoms with Crippen molar-refractivity contribution in [3.05, 3.63) is 76.8 Å². The highest BCUT2D eigenvalue weighted by Gasteiger charge is 2.64. The number of hydrogen-bond donors (Lipinski definition) is 0. The van der Waals surface area contributed by atoms with Crippen LogP contribution in [0.2, 0.25) is 5.02 Å². The van der Waals surface area contributed by atoms with Crippen LogP contribution in [0.5, 0.6) is 17.2 Å². The Morgan fingerprint density at radius 3 is 2.33 bits per heavy atom. The molecule has 2 aliphatic rings. The zero-order valence-corrected chi connectivity index (χ0v) is 26.4. The average Bonchev–Trinajstić information content (AvgIpc) is 3.50. The Labute approximate surface area is 267 Å². The van der Waals surface area contributed by atoms with E-state index < -0.39 is 63.1 Å². The Balaban J connectivity index is 1.85. The fourth-order valence-corrected chi connectivity index (χ4v) is 7.77. The molecule has 3 atom stereocenters. The van der Waals surface area contributed by atoms with Crippen LogP contribution in [0.3, 0.4) is 0 Å². The number of sulfonamides is 1. The third kappa shape index (κ3) is 5.39. The molecule has 0 spiro atoms. The number of alkyl halides is 4. The maximum atomic E-state index is 15.4. The first-order valence-electron chi connectivity index (χ1n) is 13.7. The first kappa shape index (κ1) is 33.3. The van der Waals surface area contributed by atoms with Gasteiger partial charge in [0.25, 0.3) is 15.9 Å². The van der Waals surface area contributed by atoms with E-state index in [4.69, 9.17) is 21.1 Å². The molecule has 3 aromatic rings. The number of methoxy groups -OCH3 is 2. The number of para-hydroxylation sites is 1. The van der Waals surface area contributed by atoms with Crippen LogP contribution in [-0.4, -0.2) is 83.5 Å². The predicted molar refractivity (Wildman–Crippen MR) is 158 cm³/mol. The molecule has 2 heterocycles. The molecule has 10 nitrogen and oxygen atoms in total. The molecule has 1 unspecified atom stereocenters. The first-order chi connectivity index (χ1) is 21.6. The van der Waals surface area contributed by atoms with Crippen LogP contribution in [0.1, 0.15) is 17.5 Å². The molecular formula is C30H28ClF4N3O7S. The summed E-state index contributed by atoms with van der Waals surface area (Å²) < 4.78 is 99.7. The fraction of sp³-hybridized carbons (Fsp3) is 0.333. The maximum Gasteiger partial charge on any atom is 0.573 e. The van der Waals surface area contributed by atoms with Gasteiger partial charge in [0.1, 0.15) is 22.6 Å². The van der Waals surface area contributed by atoms with Gasteiger partial charge in [0.15, 0.2) is 11.3 Å². The SMILES string of the molecule is COc1ccc(S(=O)(=O)N2C(=O)C(c3ccccc3OC)(N3C[C@H](F)C[C@H]3C(=O)N(C)C)c3cc(Cl)ccc32)c(OC(F)(F)F)c1. The quantitative estimate of drug-likeness (QED) is 0.314. The van der Waals surface area contributed by atoms with E-state index in [0.29, 0.717) is 4.31 Å². The molecule has 0 bridgehead atoms. The molecular weight excluding hydrogens is 658 g/mol. The minimum absolute atomic E-state index is 0.0517. The monoisotopic (exact) mass is 685 g/mol. The number of ether oxygens (including phenoxy) is 3. The van der Waals surface area contributed by atoms with Crippen molar-refractivity contribution >= 4 is 39.1 Å². The Morgan fingerprint density at radius 1 is 1.00 bits per heavy atom.